The lowest BCUT2D eigenvalue weighted by molar-refractivity contribution is -0.139. The number of H-pyrrole nitrogens is 1. The topological polar surface area (TPSA) is 101 Å². The Morgan fingerprint density at radius 2 is 2.00 bits per heavy atom. The molecular formula is C16H15N3O4S. The van der Waals surface area contributed by atoms with E-state index in [0.717, 1.165) is 5.56 Å². The molecule has 2 heterocycles. The number of rotatable bonds is 5. The van der Waals surface area contributed by atoms with Crippen LogP contribution >= 0.6 is 0 Å². The van der Waals surface area contributed by atoms with Gasteiger partial charge in [-0.05, 0) is 29.8 Å². The number of benzene rings is 1. The summed E-state index contributed by atoms with van der Waals surface area (Å²) in [6.07, 6.45) is 3.13. The zero-order valence-electron chi connectivity index (χ0n) is 12.8. The monoisotopic (exact) mass is 345 g/mol. The second-order valence-electron chi connectivity index (χ2n) is 5.11. The number of fused-ring (bicyclic) bond motifs is 1. The van der Waals surface area contributed by atoms with Gasteiger partial charge in [-0.2, -0.15) is 0 Å². The molecule has 8 heteroatoms. The fourth-order valence-corrected chi connectivity index (χ4v) is 3.52. The number of nitrogens with one attached hydrogen (secondary N) is 2. The molecule has 0 saturated carbocycles. The summed E-state index contributed by atoms with van der Waals surface area (Å²) in [7, 11) is -2.43. The molecule has 3 rings (SSSR count). The molecule has 0 aliphatic carbocycles. The van der Waals surface area contributed by atoms with Crippen LogP contribution in [0.5, 0.6) is 0 Å². The van der Waals surface area contributed by atoms with Crippen LogP contribution in [0.2, 0.25) is 0 Å². The van der Waals surface area contributed by atoms with Crippen molar-refractivity contribution in [3.8, 4) is 0 Å². The van der Waals surface area contributed by atoms with Crippen molar-refractivity contribution in [1.29, 1.82) is 0 Å². The zero-order chi connectivity index (χ0) is 17.2. The molecule has 0 atom stereocenters. The number of methoxy groups -OCH3 is 1. The lowest BCUT2D eigenvalue weighted by atomic mass is 10.1. The Kier molecular flexibility index (Phi) is 4.22. The van der Waals surface area contributed by atoms with Gasteiger partial charge in [-0.25, -0.2) is 13.4 Å². The van der Waals surface area contributed by atoms with E-state index in [4.69, 9.17) is 0 Å². The van der Waals surface area contributed by atoms with Gasteiger partial charge in [-0.1, -0.05) is 12.1 Å². The van der Waals surface area contributed by atoms with Crippen LogP contribution in [0.15, 0.2) is 53.7 Å². The highest BCUT2D eigenvalue weighted by Crippen LogP contribution is 2.23. The number of sulfonamides is 1. The van der Waals surface area contributed by atoms with Crippen molar-refractivity contribution in [3.63, 3.8) is 0 Å². The molecule has 124 valence electrons. The van der Waals surface area contributed by atoms with Crippen LogP contribution in [0, 0.1) is 0 Å². The minimum atomic E-state index is -3.75. The highest BCUT2D eigenvalue weighted by atomic mass is 32.2. The quantitative estimate of drug-likeness (QED) is 0.690. The molecular weight excluding hydrogens is 330 g/mol. The third-order valence-corrected chi connectivity index (χ3v) is 4.91. The molecule has 2 aromatic heterocycles. The summed E-state index contributed by atoms with van der Waals surface area (Å²) < 4.78 is 32.2. The number of pyridine rings is 1. The van der Waals surface area contributed by atoms with Gasteiger partial charge in [0.15, 0.2) is 0 Å². The summed E-state index contributed by atoms with van der Waals surface area (Å²) >= 11 is 0. The average molecular weight is 345 g/mol. The molecule has 3 aromatic rings. The molecule has 0 aliphatic rings. The molecule has 24 heavy (non-hydrogen) atoms. The maximum atomic E-state index is 12.6. The van der Waals surface area contributed by atoms with Crippen LogP contribution < -0.4 is 4.72 Å². The first-order valence-corrected chi connectivity index (χ1v) is 8.58. The van der Waals surface area contributed by atoms with Crippen LogP contribution in [-0.4, -0.2) is 31.5 Å². The number of nitrogens with zero attached hydrogens (tertiary/aromatic N) is 1. The van der Waals surface area contributed by atoms with E-state index in [1.165, 1.54) is 13.3 Å². The molecule has 0 bridgehead atoms. The molecule has 0 aliphatic heterocycles. The van der Waals surface area contributed by atoms with Crippen molar-refractivity contribution in [2.45, 2.75) is 11.3 Å². The summed E-state index contributed by atoms with van der Waals surface area (Å²) in [4.78, 5) is 18.3. The van der Waals surface area contributed by atoms with E-state index >= 15 is 0 Å². The SMILES string of the molecule is COC(=O)Cc1ccc(NS(=O)(=O)c2c[nH]c3ncccc23)cc1. The number of carbonyl (C=O) groups excluding carboxylic acids is 1. The Hall–Kier alpha value is -2.87. The summed E-state index contributed by atoms with van der Waals surface area (Å²) in [5.41, 5.74) is 1.65. The van der Waals surface area contributed by atoms with Crippen molar-refractivity contribution in [2.75, 3.05) is 11.8 Å². The number of aromatic amines is 1. The Morgan fingerprint density at radius 1 is 1.25 bits per heavy atom. The maximum Gasteiger partial charge on any atom is 0.309 e. The Balaban J connectivity index is 1.83. The predicted octanol–water partition coefficient (Wildman–Crippen LogP) is 2.08. The normalized spacial score (nSPS) is 11.4. The van der Waals surface area contributed by atoms with Gasteiger partial charge in [-0.3, -0.25) is 9.52 Å². The highest BCUT2D eigenvalue weighted by Gasteiger charge is 2.19. The summed E-state index contributed by atoms with van der Waals surface area (Å²) in [6, 6.07) is 9.91. The van der Waals surface area contributed by atoms with E-state index in [-0.39, 0.29) is 17.3 Å². The number of ether oxygens (including phenoxy) is 1. The van der Waals surface area contributed by atoms with E-state index in [1.54, 1.807) is 42.6 Å². The second-order valence-corrected chi connectivity index (χ2v) is 6.76. The van der Waals surface area contributed by atoms with Gasteiger partial charge in [0, 0.05) is 23.5 Å². The Bertz CT molecular complexity index is 978. The average Bonchev–Trinajstić information content (AvgIpc) is 3.01. The smallest absolute Gasteiger partial charge is 0.309 e. The van der Waals surface area contributed by atoms with Crippen LogP contribution in [0.1, 0.15) is 5.56 Å². The summed E-state index contributed by atoms with van der Waals surface area (Å²) in [6.45, 7) is 0. The predicted molar refractivity (Wildman–Crippen MR) is 89.1 cm³/mol. The number of carbonyl (C=O) groups is 1. The van der Waals surface area contributed by atoms with Crippen LogP contribution in [-0.2, 0) is 26.0 Å². The van der Waals surface area contributed by atoms with Gasteiger partial charge in [-0.15, -0.1) is 0 Å². The van der Waals surface area contributed by atoms with Crippen LogP contribution in [0.4, 0.5) is 5.69 Å². The van der Waals surface area contributed by atoms with Crippen LogP contribution in [0.25, 0.3) is 11.0 Å². The van der Waals surface area contributed by atoms with E-state index in [0.29, 0.717) is 16.7 Å². The van der Waals surface area contributed by atoms with Crippen molar-refractivity contribution < 1.29 is 17.9 Å². The molecule has 0 radical (unpaired) electrons. The Labute approximate surface area is 138 Å². The van der Waals surface area contributed by atoms with Crippen molar-refractivity contribution in [1.82, 2.24) is 9.97 Å². The third kappa shape index (κ3) is 3.23. The first-order chi connectivity index (χ1) is 11.5. The fraction of sp³-hybridized carbons (Fsp3) is 0.125. The van der Waals surface area contributed by atoms with Gasteiger partial charge >= 0.3 is 5.97 Å². The van der Waals surface area contributed by atoms with E-state index in [2.05, 4.69) is 19.4 Å². The molecule has 1 aromatic carbocycles. The van der Waals surface area contributed by atoms with Crippen molar-refractivity contribution in [2.24, 2.45) is 0 Å². The minimum absolute atomic E-state index is 0.129. The van der Waals surface area contributed by atoms with Crippen molar-refractivity contribution >= 4 is 32.7 Å². The zero-order valence-corrected chi connectivity index (χ0v) is 13.6. The number of hydrogen-bond acceptors (Lipinski definition) is 5. The van der Waals surface area contributed by atoms with Gasteiger partial charge in [0.1, 0.15) is 10.5 Å². The van der Waals surface area contributed by atoms with Gasteiger partial charge in [0.2, 0.25) is 0 Å². The lowest BCUT2D eigenvalue weighted by Gasteiger charge is -2.08. The number of hydrogen-bond donors (Lipinski definition) is 2. The van der Waals surface area contributed by atoms with E-state index in [9.17, 15) is 13.2 Å². The maximum absolute atomic E-state index is 12.6. The number of aromatic nitrogens is 2. The fourth-order valence-electron chi connectivity index (χ4n) is 2.29. The third-order valence-electron chi connectivity index (χ3n) is 3.48. The second kappa shape index (κ2) is 6.32. The summed E-state index contributed by atoms with van der Waals surface area (Å²) in [5.74, 6) is -0.352. The highest BCUT2D eigenvalue weighted by molar-refractivity contribution is 7.93. The van der Waals surface area contributed by atoms with Gasteiger partial charge in [0.25, 0.3) is 10.0 Å². The Morgan fingerprint density at radius 3 is 2.71 bits per heavy atom. The first-order valence-electron chi connectivity index (χ1n) is 7.10. The van der Waals surface area contributed by atoms with E-state index in [1.807, 2.05) is 0 Å². The summed E-state index contributed by atoms with van der Waals surface area (Å²) in [5, 5.41) is 0.521. The molecule has 0 saturated heterocycles. The van der Waals surface area contributed by atoms with E-state index < -0.39 is 10.0 Å². The molecule has 0 amide bonds. The van der Waals surface area contributed by atoms with Gasteiger partial charge < -0.3 is 9.72 Å². The molecule has 2 N–H and O–H groups in total. The molecule has 7 nitrogen and oxygen atoms in total. The largest absolute Gasteiger partial charge is 0.469 e. The molecule has 0 unspecified atom stereocenters. The number of anilines is 1. The van der Waals surface area contributed by atoms with Crippen molar-refractivity contribution in [3.05, 3.63) is 54.4 Å². The standard InChI is InChI=1S/C16H15N3O4S/c1-23-15(20)9-11-4-6-12(7-5-11)19-24(21,22)14-10-18-16-13(14)3-2-8-17-16/h2-8,10,19H,9H2,1H3,(H,17,18). The lowest BCUT2D eigenvalue weighted by Crippen LogP contribution is -2.12. The van der Waals surface area contributed by atoms with Crippen LogP contribution in [0.3, 0.4) is 0 Å². The number of esters is 1. The minimum Gasteiger partial charge on any atom is -0.469 e. The molecule has 0 fully saturated rings. The molecule has 0 spiro atoms. The first kappa shape index (κ1) is 16.0. The van der Waals surface area contributed by atoms with Gasteiger partial charge in [0.05, 0.1) is 13.5 Å².